The Hall–Kier alpha value is -1.59. The normalized spacial score (nSPS) is 13.4. The van der Waals surface area contributed by atoms with Gasteiger partial charge in [0.25, 0.3) is 0 Å². The van der Waals surface area contributed by atoms with Gasteiger partial charge in [-0.15, -0.1) is 11.3 Å². The summed E-state index contributed by atoms with van der Waals surface area (Å²) >= 11 is 4.28. The van der Waals surface area contributed by atoms with Crippen molar-refractivity contribution in [3.05, 3.63) is 76.3 Å². The second-order valence-electron chi connectivity index (χ2n) is 5.54. The largest absolute Gasteiger partial charge is 0.264 e. The van der Waals surface area contributed by atoms with Crippen LogP contribution in [0.1, 0.15) is 10.8 Å². The van der Waals surface area contributed by atoms with E-state index in [-0.39, 0.29) is 15.6 Å². The Kier molecular flexibility index (Phi) is 6.11. The molecule has 0 spiro atoms. The fraction of sp³-hybridized carbons (Fsp3) is 0.118. The third-order valence-electron chi connectivity index (χ3n) is 3.77. The number of benzene rings is 1. The molecule has 3 rings (SSSR count). The molecule has 0 saturated heterocycles. The van der Waals surface area contributed by atoms with Crippen LogP contribution >= 0.6 is 27.3 Å². The molecule has 2 heterocycles. The van der Waals surface area contributed by atoms with Crippen molar-refractivity contribution < 1.29 is 16.8 Å². The van der Waals surface area contributed by atoms with E-state index in [0.717, 1.165) is 11.3 Å². The highest BCUT2D eigenvalue weighted by atomic mass is 79.9. The lowest BCUT2D eigenvalue weighted by atomic mass is 10.2. The van der Waals surface area contributed by atoms with Crippen LogP contribution in [-0.2, 0) is 19.9 Å². The lowest BCUT2D eigenvalue weighted by molar-refractivity contribution is 0.569. The summed E-state index contributed by atoms with van der Waals surface area (Å²) in [6.07, 6.45) is 2.96. The number of pyridine rings is 1. The summed E-state index contributed by atoms with van der Waals surface area (Å²) in [5.74, 6) is 0. The van der Waals surface area contributed by atoms with Crippen LogP contribution in [0.5, 0.6) is 0 Å². The summed E-state index contributed by atoms with van der Waals surface area (Å²) in [5.41, 5.74) is 0.413. The van der Waals surface area contributed by atoms with Gasteiger partial charge in [0.2, 0.25) is 10.0 Å². The van der Waals surface area contributed by atoms with Crippen molar-refractivity contribution in [2.24, 2.45) is 0 Å². The van der Waals surface area contributed by atoms with Gasteiger partial charge < -0.3 is 0 Å². The van der Waals surface area contributed by atoms with Gasteiger partial charge in [0.1, 0.15) is 9.46 Å². The van der Waals surface area contributed by atoms with Gasteiger partial charge in [0.15, 0.2) is 9.84 Å². The minimum absolute atomic E-state index is 0.108. The topological polar surface area (TPSA) is 93.2 Å². The van der Waals surface area contributed by atoms with Crippen molar-refractivity contribution in [1.29, 1.82) is 0 Å². The number of thiophene rings is 1. The van der Waals surface area contributed by atoms with Gasteiger partial charge in [-0.05, 0) is 51.8 Å². The van der Waals surface area contributed by atoms with Crippen LogP contribution in [0, 0.1) is 0 Å². The van der Waals surface area contributed by atoms with E-state index in [2.05, 4.69) is 25.6 Å². The molecule has 0 radical (unpaired) electrons. The SMILES string of the molecule is O=S(=O)(NC[C@H](c1cccnc1)S(=O)(=O)c1ccccc1)c1ccc(Br)s1. The van der Waals surface area contributed by atoms with E-state index >= 15 is 0 Å². The number of hydrogen-bond donors (Lipinski definition) is 1. The Labute approximate surface area is 170 Å². The molecule has 0 bridgehead atoms. The van der Waals surface area contributed by atoms with E-state index in [0.29, 0.717) is 9.35 Å². The molecular weight excluding hydrogens is 472 g/mol. The van der Waals surface area contributed by atoms with Crippen molar-refractivity contribution >= 4 is 47.1 Å². The number of rotatable bonds is 7. The zero-order valence-electron chi connectivity index (χ0n) is 13.8. The van der Waals surface area contributed by atoms with Crippen LogP contribution in [0.15, 0.2) is 79.9 Å². The summed E-state index contributed by atoms with van der Waals surface area (Å²) in [7, 11) is -7.66. The summed E-state index contributed by atoms with van der Waals surface area (Å²) in [4.78, 5) is 4.10. The molecule has 10 heteroatoms. The van der Waals surface area contributed by atoms with Crippen LogP contribution < -0.4 is 4.72 Å². The molecule has 3 aromatic rings. The standard InChI is InChI=1S/C17H15BrN2O4S3/c18-16-8-9-17(25-16)27(23,24)20-12-15(13-5-4-10-19-11-13)26(21,22)14-6-2-1-3-7-14/h1-11,15,20H,12H2/t15-/m1/s1. The third kappa shape index (κ3) is 4.64. The van der Waals surface area contributed by atoms with Gasteiger partial charge in [0, 0.05) is 18.9 Å². The Bertz CT molecular complexity index is 1120. The Balaban J connectivity index is 1.95. The van der Waals surface area contributed by atoms with Gasteiger partial charge in [-0.25, -0.2) is 21.6 Å². The van der Waals surface area contributed by atoms with Crippen LogP contribution in [0.3, 0.4) is 0 Å². The van der Waals surface area contributed by atoms with E-state index in [1.54, 1.807) is 36.4 Å². The maximum absolute atomic E-state index is 13.1. The number of nitrogens with zero attached hydrogens (tertiary/aromatic N) is 1. The van der Waals surface area contributed by atoms with Gasteiger partial charge in [-0.3, -0.25) is 4.98 Å². The Morgan fingerprint density at radius 3 is 2.33 bits per heavy atom. The van der Waals surface area contributed by atoms with E-state index in [1.165, 1.54) is 30.6 Å². The predicted molar refractivity (Wildman–Crippen MR) is 108 cm³/mol. The van der Waals surface area contributed by atoms with Gasteiger partial charge in [0.05, 0.1) is 8.68 Å². The highest BCUT2D eigenvalue weighted by molar-refractivity contribution is 9.11. The number of hydrogen-bond acceptors (Lipinski definition) is 6. The fourth-order valence-electron chi connectivity index (χ4n) is 2.45. The van der Waals surface area contributed by atoms with Crippen LogP contribution in [0.25, 0.3) is 0 Å². The maximum Gasteiger partial charge on any atom is 0.250 e. The van der Waals surface area contributed by atoms with E-state index < -0.39 is 25.1 Å². The highest BCUT2D eigenvalue weighted by Gasteiger charge is 2.31. The van der Waals surface area contributed by atoms with Crippen molar-refractivity contribution in [1.82, 2.24) is 9.71 Å². The van der Waals surface area contributed by atoms with Crippen molar-refractivity contribution in [2.75, 3.05) is 6.54 Å². The van der Waals surface area contributed by atoms with Gasteiger partial charge in [-0.1, -0.05) is 24.3 Å². The minimum atomic E-state index is -3.83. The summed E-state index contributed by atoms with van der Waals surface area (Å²) in [6, 6.07) is 14.3. The van der Waals surface area contributed by atoms with E-state index in [1.807, 2.05) is 0 Å². The predicted octanol–water partition coefficient (Wildman–Crippen LogP) is 3.40. The molecule has 0 amide bonds. The molecule has 0 aliphatic heterocycles. The van der Waals surface area contributed by atoms with Gasteiger partial charge >= 0.3 is 0 Å². The monoisotopic (exact) mass is 486 g/mol. The second kappa shape index (κ2) is 8.19. The molecule has 1 atom stereocenters. The number of halogens is 1. The van der Waals surface area contributed by atoms with Crippen molar-refractivity contribution in [2.45, 2.75) is 14.4 Å². The van der Waals surface area contributed by atoms with E-state index in [4.69, 9.17) is 0 Å². The number of aromatic nitrogens is 1. The lowest BCUT2D eigenvalue weighted by Gasteiger charge is -2.18. The minimum Gasteiger partial charge on any atom is -0.264 e. The van der Waals surface area contributed by atoms with Crippen LogP contribution in [0.2, 0.25) is 0 Å². The number of sulfonamides is 1. The molecule has 1 N–H and O–H groups in total. The molecule has 27 heavy (non-hydrogen) atoms. The highest BCUT2D eigenvalue weighted by Crippen LogP contribution is 2.30. The first-order valence-corrected chi connectivity index (χ1v) is 12.4. The zero-order chi connectivity index (χ0) is 19.5. The first-order chi connectivity index (χ1) is 12.8. The smallest absolute Gasteiger partial charge is 0.250 e. The maximum atomic E-state index is 13.1. The fourth-order valence-corrected chi connectivity index (χ4v) is 7.32. The molecule has 2 aromatic heterocycles. The zero-order valence-corrected chi connectivity index (χ0v) is 17.9. The first kappa shape index (κ1) is 20.2. The number of sulfone groups is 1. The second-order valence-corrected chi connectivity index (χ2v) is 12.1. The molecule has 142 valence electrons. The molecule has 0 aliphatic rings. The molecular formula is C17H15BrN2O4S3. The van der Waals surface area contributed by atoms with Crippen molar-refractivity contribution in [3.63, 3.8) is 0 Å². The van der Waals surface area contributed by atoms with Crippen LogP contribution in [-0.4, -0.2) is 28.4 Å². The van der Waals surface area contributed by atoms with E-state index in [9.17, 15) is 16.8 Å². The molecule has 0 aliphatic carbocycles. The lowest BCUT2D eigenvalue weighted by Crippen LogP contribution is -2.31. The molecule has 0 fully saturated rings. The molecule has 0 saturated carbocycles. The third-order valence-corrected chi connectivity index (χ3v) is 9.43. The quantitative estimate of drug-likeness (QED) is 0.552. The van der Waals surface area contributed by atoms with Crippen molar-refractivity contribution in [3.8, 4) is 0 Å². The van der Waals surface area contributed by atoms with Crippen LogP contribution in [0.4, 0.5) is 0 Å². The Morgan fingerprint density at radius 2 is 1.74 bits per heavy atom. The first-order valence-electron chi connectivity index (χ1n) is 7.74. The average molecular weight is 487 g/mol. The summed E-state index contributed by atoms with van der Waals surface area (Å²) in [5, 5.41) is -1.10. The molecule has 6 nitrogen and oxygen atoms in total. The Morgan fingerprint density at radius 1 is 1.00 bits per heavy atom. The summed E-state index contributed by atoms with van der Waals surface area (Å²) in [6.45, 7) is -0.305. The summed E-state index contributed by atoms with van der Waals surface area (Å²) < 4.78 is 54.5. The molecule has 1 aromatic carbocycles. The van der Waals surface area contributed by atoms with Gasteiger partial charge in [-0.2, -0.15) is 0 Å². The molecule has 0 unspecified atom stereocenters. The average Bonchev–Trinajstić information content (AvgIpc) is 3.11. The number of nitrogens with one attached hydrogen (secondary N) is 1.